The molecule has 0 aromatic heterocycles. The number of benzene rings is 1. The molecule has 1 amide bonds. The predicted octanol–water partition coefficient (Wildman–Crippen LogP) is 1.92. The number of nitrogens with one attached hydrogen (secondary N) is 2. The molecule has 124 valence electrons. The van der Waals surface area contributed by atoms with Crippen molar-refractivity contribution in [3.05, 3.63) is 34.4 Å². The molecule has 0 saturated heterocycles. The lowest BCUT2D eigenvalue weighted by atomic mass is 10.0. The summed E-state index contributed by atoms with van der Waals surface area (Å²) in [7, 11) is 0. The van der Waals surface area contributed by atoms with Gasteiger partial charge in [0, 0.05) is 19.2 Å². The van der Waals surface area contributed by atoms with Crippen LogP contribution < -0.4 is 16.4 Å². The van der Waals surface area contributed by atoms with Crippen molar-refractivity contribution >= 4 is 29.7 Å². The normalized spacial score (nSPS) is 11.5. The number of nitrogens with two attached hydrogens (primary N) is 1. The molecule has 0 aliphatic rings. The van der Waals surface area contributed by atoms with E-state index in [1.165, 1.54) is 6.07 Å². The third-order valence-electron chi connectivity index (χ3n) is 2.90. The summed E-state index contributed by atoms with van der Waals surface area (Å²) in [6.07, 6.45) is 0.628. The number of halogens is 1. The molecule has 0 spiro atoms. The molecule has 0 aliphatic heterocycles. The lowest BCUT2D eigenvalue weighted by Gasteiger charge is -2.14. The van der Waals surface area contributed by atoms with Gasteiger partial charge in [-0.25, -0.2) is 0 Å². The average Bonchev–Trinajstić information content (AvgIpc) is 2.42. The summed E-state index contributed by atoms with van der Waals surface area (Å²) in [5.41, 5.74) is 6.20. The van der Waals surface area contributed by atoms with Crippen molar-refractivity contribution in [1.82, 2.24) is 5.32 Å². The van der Waals surface area contributed by atoms with E-state index in [1.54, 1.807) is 18.2 Å². The van der Waals surface area contributed by atoms with Gasteiger partial charge in [0.1, 0.15) is 5.69 Å². The molecule has 4 N–H and O–H groups in total. The van der Waals surface area contributed by atoms with Gasteiger partial charge in [-0.15, -0.1) is 12.4 Å². The molecule has 0 heterocycles. The highest BCUT2D eigenvalue weighted by molar-refractivity contribution is 5.85. The van der Waals surface area contributed by atoms with Gasteiger partial charge in [-0.3, -0.25) is 14.9 Å². The number of hydrogen-bond acceptors (Lipinski definition) is 5. The fourth-order valence-electron chi connectivity index (χ4n) is 1.91. The Balaban J connectivity index is 0.00000441. The lowest BCUT2D eigenvalue weighted by Crippen LogP contribution is -2.42. The molecule has 0 fully saturated rings. The highest BCUT2D eigenvalue weighted by Crippen LogP contribution is 2.22. The van der Waals surface area contributed by atoms with E-state index in [9.17, 15) is 14.9 Å². The van der Waals surface area contributed by atoms with Crippen LogP contribution in [0.25, 0.3) is 0 Å². The Morgan fingerprint density at radius 3 is 2.55 bits per heavy atom. The molecule has 1 aromatic rings. The molecule has 1 atom stereocenters. The van der Waals surface area contributed by atoms with E-state index in [2.05, 4.69) is 10.6 Å². The standard InChI is InChI=1S/C14H22N4O3.ClH/c1-10(2)9-11(15)14(19)17-8-7-16-12-5-3-4-6-13(12)18(20)21;/h3-6,10-11,16H,7-9,15H2,1-2H3,(H,17,19);1H/t11-;/m0./s1. The van der Waals surface area contributed by atoms with Crippen LogP contribution in [0.4, 0.5) is 11.4 Å². The van der Waals surface area contributed by atoms with Crippen LogP contribution in [-0.4, -0.2) is 30.0 Å². The second kappa shape index (κ2) is 9.97. The van der Waals surface area contributed by atoms with Crippen molar-refractivity contribution in [3.63, 3.8) is 0 Å². The molecular weight excluding hydrogens is 308 g/mol. The van der Waals surface area contributed by atoms with Crippen LogP contribution in [0.2, 0.25) is 0 Å². The first-order valence-corrected chi connectivity index (χ1v) is 6.92. The topological polar surface area (TPSA) is 110 Å². The Labute approximate surface area is 136 Å². The predicted molar refractivity (Wildman–Crippen MR) is 89.3 cm³/mol. The van der Waals surface area contributed by atoms with Crippen LogP contribution in [0.1, 0.15) is 20.3 Å². The van der Waals surface area contributed by atoms with E-state index >= 15 is 0 Å². The van der Waals surface area contributed by atoms with Crippen molar-refractivity contribution in [2.45, 2.75) is 26.3 Å². The van der Waals surface area contributed by atoms with E-state index in [0.717, 1.165) is 0 Å². The quantitative estimate of drug-likeness (QED) is 0.383. The summed E-state index contributed by atoms with van der Waals surface area (Å²) in [5, 5.41) is 16.5. The number of carbonyl (C=O) groups is 1. The molecule has 0 saturated carbocycles. The minimum absolute atomic E-state index is 0. The lowest BCUT2D eigenvalue weighted by molar-refractivity contribution is -0.384. The zero-order valence-electron chi connectivity index (χ0n) is 12.7. The Morgan fingerprint density at radius 2 is 1.95 bits per heavy atom. The SMILES string of the molecule is CC(C)C[C@H](N)C(=O)NCCNc1ccccc1[N+](=O)[O-].Cl. The third-order valence-corrected chi connectivity index (χ3v) is 2.90. The van der Waals surface area contributed by atoms with Gasteiger partial charge in [-0.2, -0.15) is 0 Å². The van der Waals surface area contributed by atoms with Crippen molar-refractivity contribution in [3.8, 4) is 0 Å². The van der Waals surface area contributed by atoms with E-state index in [4.69, 9.17) is 5.73 Å². The number of amides is 1. The van der Waals surface area contributed by atoms with E-state index in [0.29, 0.717) is 31.1 Å². The van der Waals surface area contributed by atoms with Gasteiger partial charge in [0.15, 0.2) is 0 Å². The summed E-state index contributed by atoms with van der Waals surface area (Å²) in [6.45, 7) is 4.76. The Bertz CT molecular complexity index is 497. The smallest absolute Gasteiger partial charge is 0.292 e. The van der Waals surface area contributed by atoms with Gasteiger partial charge in [-0.05, 0) is 18.4 Å². The number of rotatable bonds is 8. The van der Waals surface area contributed by atoms with Crippen molar-refractivity contribution < 1.29 is 9.72 Å². The van der Waals surface area contributed by atoms with E-state index in [-0.39, 0.29) is 24.0 Å². The minimum atomic E-state index is -0.518. The van der Waals surface area contributed by atoms with Crippen LogP contribution in [-0.2, 0) is 4.79 Å². The Morgan fingerprint density at radius 1 is 1.32 bits per heavy atom. The summed E-state index contributed by atoms with van der Waals surface area (Å²) in [4.78, 5) is 22.1. The molecular formula is C14H23ClN4O3. The second-order valence-corrected chi connectivity index (χ2v) is 5.23. The largest absolute Gasteiger partial charge is 0.378 e. The number of nitro groups is 1. The number of nitro benzene ring substituents is 1. The zero-order valence-corrected chi connectivity index (χ0v) is 13.6. The fourth-order valence-corrected chi connectivity index (χ4v) is 1.91. The molecule has 0 bridgehead atoms. The van der Waals surface area contributed by atoms with Gasteiger partial charge in [0.2, 0.25) is 5.91 Å². The summed E-state index contributed by atoms with van der Waals surface area (Å²) in [5.74, 6) is 0.156. The molecule has 8 heteroatoms. The van der Waals surface area contributed by atoms with Gasteiger partial charge < -0.3 is 16.4 Å². The van der Waals surface area contributed by atoms with Crippen molar-refractivity contribution in [2.24, 2.45) is 11.7 Å². The third kappa shape index (κ3) is 6.73. The number of carbonyl (C=O) groups excluding carboxylic acids is 1. The molecule has 0 unspecified atom stereocenters. The Kier molecular flexibility index (Phi) is 9.12. The average molecular weight is 331 g/mol. The molecule has 1 aromatic carbocycles. The van der Waals surface area contributed by atoms with Crippen LogP contribution in [0, 0.1) is 16.0 Å². The van der Waals surface area contributed by atoms with E-state index < -0.39 is 11.0 Å². The number of para-hydroxylation sites is 2. The molecule has 0 aliphatic carbocycles. The monoisotopic (exact) mass is 330 g/mol. The summed E-state index contributed by atoms with van der Waals surface area (Å²) < 4.78 is 0. The fraction of sp³-hybridized carbons (Fsp3) is 0.500. The van der Waals surface area contributed by atoms with Gasteiger partial charge >= 0.3 is 0 Å². The van der Waals surface area contributed by atoms with Crippen LogP contribution in [0.3, 0.4) is 0 Å². The van der Waals surface area contributed by atoms with Gasteiger partial charge in [0.25, 0.3) is 5.69 Å². The number of hydrogen-bond donors (Lipinski definition) is 3. The highest BCUT2D eigenvalue weighted by atomic mass is 35.5. The van der Waals surface area contributed by atoms with Crippen LogP contribution >= 0.6 is 12.4 Å². The summed E-state index contributed by atoms with van der Waals surface area (Å²) >= 11 is 0. The molecule has 0 radical (unpaired) electrons. The zero-order chi connectivity index (χ0) is 15.8. The number of nitrogens with zero attached hydrogens (tertiary/aromatic N) is 1. The van der Waals surface area contributed by atoms with Gasteiger partial charge in [0.05, 0.1) is 11.0 Å². The van der Waals surface area contributed by atoms with E-state index in [1.807, 2.05) is 13.8 Å². The Hall–Kier alpha value is -1.86. The first kappa shape index (κ1) is 20.1. The second-order valence-electron chi connectivity index (χ2n) is 5.23. The van der Waals surface area contributed by atoms with Crippen molar-refractivity contribution in [1.29, 1.82) is 0 Å². The maximum absolute atomic E-state index is 11.7. The maximum atomic E-state index is 11.7. The molecule has 1 rings (SSSR count). The molecule has 22 heavy (non-hydrogen) atoms. The molecule has 7 nitrogen and oxygen atoms in total. The maximum Gasteiger partial charge on any atom is 0.292 e. The van der Waals surface area contributed by atoms with Crippen molar-refractivity contribution in [2.75, 3.05) is 18.4 Å². The first-order valence-electron chi connectivity index (χ1n) is 6.92. The first-order chi connectivity index (χ1) is 9.91. The number of anilines is 1. The highest BCUT2D eigenvalue weighted by Gasteiger charge is 2.15. The minimum Gasteiger partial charge on any atom is -0.378 e. The summed E-state index contributed by atoms with van der Waals surface area (Å²) in [6, 6.07) is 5.86. The van der Waals surface area contributed by atoms with Crippen LogP contribution in [0.15, 0.2) is 24.3 Å². The van der Waals surface area contributed by atoms with Crippen LogP contribution in [0.5, 0.6) is 0 Å². The van der Waals surface area contributed by atoms with Gasteiger partial charge in [-0.1, -0.05) is 26.0 Å².